The number of hydrogen-bond donors (Lipinski definition) is 2. The lowest BCUT2D eigenvalue weighted by Gasteiger charge is -2.10. The minimum Gasteiger partial charge on any atom is -0.347 e. The van der Waals surface area contributed by atoms with Gasteiger partial charge in [-0.15, -0.1) is 0 Å². The third kappa shape index (κ3) is 4.47. The second-order valence-electron chi connectivity index (χ2n) is 5.16. The summed E-state index contributed by atoms with van der Waals surface area (Å²) in [6.45, 7) is 0.419. The average Bonchev–Trinajstić information content (AvgIpc) is 2.64. The van der Waals surface area contributed by atoms with Crippen LogP contribution in [0.25, 0.3) is 0 Å². The number of hydrogen-bond acceptors (Lipinski definition) is 4. The van der Waals surface area contributed by atoms with Crippen LogP contribution in [0.2, 0.25) is 10.0 Å². The minimum atomic E-state index is -0.292. The molecule has 0 saturated heterocycles. The predicted octanol–water partition coefficient (Wildman–Crippen LogP) is 4.46. The van der Waals surface area contributed by atoms with Gasteiger partial charge in [0.25, 0.3) is 5.91 Å². The number of rotatable bonds is 5. The number of nitrogens with zero attached hydrogens (tertiary/aromatic N) is 2. The Morgan fingerprint density at radius 1 is 0.960 bits per heavy atom. The van der Waals surface area contributed by atoms with Gasteiger partial charge in [0, 0.05) is 12.7 Å². The summed E-state index contributed by atoms with van der Waals surface area (Å²) < 4.78 is 0. The Morgan fingerprint density at radius 2 is 1.68 bits per heavy atom. The van der Waals surface area contributed by atoms with Gasteiger partial charge in [-0.2, -0.15) is 0 Å². The van der Waals surface area contributed by atoms with Crippen molar-refractivity contribution in [2.45, 2.75) is 6.54 Å². The molecule has 5 nitrogen and oxygen atoms in total. The normalized spacial score (nSPS) is 10.3. The second-order valence-corrected chi connectivity index (χ2v) is 5.97. The Labute approximate surface area is 155 Å². The number of aromatic nitrogens is 2. The molecule has 0 spiro atoms. The lowest BCUT2D eigenvalue weighted by Crippen LogP contribution is -2.24. The molecule has 0 radical (unpaired) electrons. The van der Waals surface area contributed by atoms with E-state index in [1.165, 1.54) is 6.20 Å². The van der Waals surface area contributed by atoms with Crippen molar-refractivity contribution in [1.82, 2.24) is 15.3 Å². The molecule has 25 heavy (non-hydrogen) atoms. The van der Waals surface area contributed by atoms with Gasteiger partial charge in [-0.1, -0.05) is 59.6 Å². The molecule has 0 aliphatic carbocycles. The zero-order valence-electron chi connectivity index (χ0n) is 13.0. The zero-order chi connectivity index (χ0) is 17.6. The first-order valence-electron chi connectivity index (χ1n) is 7.49. The van der Waals surface area contributed by atoms with E-state index in [0.29, 0.717) is 22.3 Å². The van der Waals surface area contributed by atoms with Crippen LogP contribution < -0.4 is 10.6 Å². The summed E-state index contributed by atoms with van der Waals surface area (Å²) in [6, 6.07) is 16.3. The van der Waals surface area contributed by atoms with Crippen LogP contribution in [0.3, 0.4) is 0 Å². The lowest BCUT2D eigenvalue weighted by atomic mass is 10.2. The van der Waals surface area contributed by atoms with Crippen LogP contribution in [0.5, 0.6) is 0 Å². The number of amides is 1. The molecule has 0 unspecified atom stereocenters. The van der Waals surface area contributed by atoms with Crippen molar-refractivity contribution >= 4 is 40.7 Å². The van der Waals surface area contributed by atoms with Gasteiger partial charge in [0.05, 0.1) is 15.7 Å². The number of carbonyl (C=O) groups excluding carboxylic acids is 1. The molecule has 0 atom stereocenters. The molecule has 7 heteroatoms. The molecule has 1 amide bonds. The zero-order valence-corrected chi connectivity index (χ0v) is 14.6. The van der Waals surface area contributed by atoms with E-state index >= 15 is 0 Å². The highest BCUT2D eigenvalue weighted by Crippen LogP contribution is 2.31. The summed E-state index contributed by atoms with van der Waals surface area (Å²) in [7, 11) is 0. The first kappa shape index (κ1) is 17.2. The maximum absolute atomic E-state index is 12.3. The maximum Gasteiger partial charge on any atom is 0.270 e. The van der Waals surface area contributed by atoms with Gasteiger partial charge in [0.2, 0.25) is 5.95 Å². The van der Waals surface area contributed by atoms with Crippen LogP contribution in [-0.4, -0.2) is 15.9 Å². The Bertz CT molecular complexity index is 867. The molecule has 126 valence electrons. The molecular weight excluding hydrogens is 359 g/mol. The second kappa shape index (κ2) is 7.96. The highest BCUT2D eigenvalue weighted by Gasteiger charge is 2.11. The molecule has 0 bridgehead atoms. The molecule has 2 aromatic carbocycles. The highest BCUT2D eigenvalue weighted by atomic mass is 35.5. The van der Waals surface area contributed by atoms with Crippen molar-refractivity contribution in [3.8, 4) is 0 Å². The fourth-order valence-electron chi connectivity index (χ4n) is 2.14. The smallest absolute Gasteiger partial charge is 0.270 e. The minimum absolute atomic E-state index is 0.238. The molecule has 0 fully saturated rings. The number of carbonyl (C=O) groups is 1. The molecule has 1 heterocycles. The standard InChI is InChI=1S/C18H14Cl2N4O/c19-13-7-4-8-14(20)16(13)24-18-21-10-9-15(23-18)17(25)22-11-12-5-2-1-3-6-12/h1-10H,11H2,(H,22,25)(H,21,23,24). The summed E-state index contributed by atoms with van der Waals surface area (Å²) in [5.41, 5.74) is 1.75. The summed E-state index contributed by atoms with van der Waals surface area (Å²) >= 11 is 12.2. The van der Waals surface area contributed by atoms with E-state index in [1.54, 1.807) is 24.3 Å². The Balaban J connectivity index is 1.72. The molecule has 2 N–H and O–H groups in total. The van der Waals surface area contributed by atoms with Gasteiger partial charge in [-0.25, -0.2) is 9.97 Å². The summed E-state index contributed by atoms with van der Waals surface area (Å²) in [4.78, 5) is 20.6. The van der Waals surface area contributed by atoms with Crippen molar-refractivity contribution in [2.75, 3.05) is 5.32 Å². The first-order chi connectivity index (χ1) is 12.1. The average molecular weight is 373 g/mol. The van der Waals surface area contributed by atoms with Gasteiger partial charge >= 0.3 is 0 Å². The molecule has 0 saturated carbocycles. The molecule has 3 rings (SSSR count). The van der Waals surface area contributed by atoms with Crippen LogP contribution in [0.1, 0.15) is 16.1 Å². The predicted molar refractivity (Wildman–Crippen MR) is 99.4 cm³/mol. The van der Waals surface area contributed by atoms with Crippen LogP contribution in [0.4, 0.5) is 11.6 Å². The third-order valence-electron chi connectivity index (χ3n) is 3.38. The van der Waals surface area contributed by atoms with E-state index in [0.717, 1.165) is 5.56 Å². The van der Waals surface area contributed by atoms with Crippen molar-refractivity contribution in [2.24, 2.45) is 0 Å². The maximum atomic E-state index is 12.3. The molecule has 3 aromatic rings. The van der Waals surface area contributed by atoms with E-state index in [1.807, 2.05) is 30.3 Å². The molecular formula is C18H14Cl2N4O. The number of anilines is 2. The van der Waals surface area contributed by atoms with Crippen molar-refractivity contribution in [3.05, 3.63) is 82.1 Å². The Kier molecular flexibility index (Phi) is 5.48. The Hall–Kier alpha value is -2.63. The monoisotopic (exact) mass is 372 g/mol. The van der Waals surface area contributed by atoms with E-state index < -0.39 is 0 Å². The van der Waals surface area contributed by atoms with Gasteiger partial charge < -0.3 is 10.6 Å². The summed E-state index contributed by atoms with van der Waals surface area (Å²) in [6.07, 6.45) is 1.50. The van der Waals surface area contributed by atoms with Gasteiger partial charge in [0.1, 0.15) is 5.69 Å². The largest absolute Gasteiger partial charge is 0.347 e. The lowest BCUT2D eigenvalue weighted by molar-refractivity contribution is 0.0946. The first-order valence-corrected chi connectivity index (χ1v) is 8.25. The fourth-order valence-corrected chi connectivity index (χ4v) is 2.64. The van der Waals surface area contributed by atoms with Crippen LogP contribution in [0.15, 0.2) is 60.8 Å². The summed E-state index contributed by atoms with van der Waals surface area (Å²) in [5, 5.41) is 6.64. The fraction of sp³-hybridized carbons (Fsp3) is 0.0556. The van der Waals surface area contributed by atoms with Crippen LogP contribution >= 0.6 is 23.2 Å². The highest BCUT2D eigenvalue weighted by molar-refractivity contribution is 6.39. The van der Waals surface area contributed by atoms with Gasteiger partial charge in [-0.3, -0.25) is 4.79 Å². The van der Waals surface area contributed by atoms with Crippen LogP contribution in [0, 0.1) is 0 Å². The Morgan fingerprint density at radius 3 is 2.40 bits per heavy atom. The van der Waals surface area contributed by atoms with Crippen molar-refractivity contribution < 1.29 is 4.79 Å². The quantitative estimate of drug-likeness (QED) is 0.693. The number of para-hydroxylation sites is 1. The molecule has 0 aliphatic heterocycles. The third-order valence-corrected chi connectivity index (χ3v) is 4.01. The topological polar surface area (TPSA) is 66.9 Å². The number of halogens is 2. The van der Waals surface area contributed by atoms with Gasteiger partial charge in [-0.05, 0) is 23.8 Å². The number of nitrogens with one attached hydrogen (secondary N) is 2. The van der Waals surface area contributed by atoms with Crippen molar-refractivity contribution in [1.29, 1.82) is 0 Å². The molecule has 0 aliphatic rings. The van der Waals surface area contributed by atoms with E-state index in [9.17, 15) is 4.79 Å². The summed E-state index contributed by atoms with van der Waals surface area (Å²) in [5.74, 6) is -0.0538. The van der Waals surface area contributed by atoms with Gasteiger partial charge in [0.15, 0.2) is 0 Å². The van der Waals surface area contributed by atoms with E-state index in [2.05, 4.69) is 20.6 Å². The van der Waals surface area contributed by atoms with Crippen LogP contribution in [-0.2, 0) is 6.54 Å². The van der Waals surface area contributed by atoms with Crippen molar-refractivity contribution in [3.63, 3.8) is 0 Å². The van der Waals surface area contributed by atoms with E-state index in [4.69, 9.17) is 23.2 Å². The SMILES string of the molecule is O=C(NCc1ccccc1)c1ccnc(Nc2c(Cl)cccc2Cl)n1. The van der Waals surface area contributed by atoms with E-state index in [-0.39, 0.29) is 17.5 Å². The number of benzene rings is 2. The molecule has 1 aromatic heterocycles.